The molecule has 0 unspecified atom stereocenters. The normalized spacial score (nSPS) is 11.8. The molecule has 3 N–H and O–H groups in total. The van der Waals surface area contributed by atoms with Crippen LogP contribution >= 0.6 is 11.3 Å². The average Bonchev–Trinajstić information content (AvgIpc) is 3.36. The van der Waals surface area contributed by atoms with E-state index in [1.54, 1.807) is 12.1 Å². The highest BCUT2D eigenvalue weighted by Crippen LogP contribution is 2.26. The van der Waals surface area contributed by atoms with E-state index in [2.05, 4.69) is 10.6 Å². The third-order valence-electron chi connectivity index (χ3n) is 3.79. The van der Waals surface area contributed by atoms with Gasteiger partial charge in [-0.25, -0.2) is 4.39 Å². The Labute approximate surface area is 158 Å². The van der Waals surface area contributed by atoms with Gasteiger partial charge in [-0.3, -0.25) is 9.59 Å². The van der Waals surface area contributed by atoms with E-state index in [9.17, 15) is 19.1 Å². The summed E-state index contributed by atoms with van der Waals surface area (Å²) in [5, 5.41) is 18.7. The van der Waals surface area contributed by atoms with E-state index in [4.69, 9.17) is 4.42 Å². The molecule has 0 saturated heterocycles. The quantitative estimate of drug-likeness (QED) is 0.566. The zero-order valence-electron chi connectivity index (χ0n) is 14.1. The fourth-order valence-electron chi connectivity index (χ4n) is 2.33. The Hall–Kier alpha value is -2.97. The summed E-state index contributed by atoms with van der Waals surface area (Å²) in [6.07, 6.45) is -1.08. The number of amides is 2. The summed E-state index contributed by atoms with van der Waals surface area (Å²) in [7, 11) is 0. The van der Waals surface area contributed by atoms with Gasteiger partial charge in [0.15, 0.2) is 0 Å². The molecule has 0 saturated carbocycles. The fourth-order valence-corrected chi connectivity index (χ4v) is 2.97. The molecule has 8 heteroatoms. The van der Waals surface area contributed by atoms with Gasteiger partial charge in [0, 0.05) is 17.5 Å². The van der Waals surface area contributed by atoms with Crippen LogP contribution in [0.25, 0.3) is 11.3 Å². The molecule has 2 heterocycles. The van der Waals surface area contributed by atoms with Crippen LogP contribution in [0.4, 0.5) is 4.39 Å². The van der Waals surface area contributed by atoms with Crippen LogP contribution in [-0.2, 0) is 16.1 Å². The van der Waals surface area contributed by atoms with Gasteiger partial charge in [0.25, 0.3) is 0 Å². The SMILES string of the molecule is O=C(NCc1ccc(F)cc1)C(=O)NC[C@H](O)c1ccc(-c2ccsc2)o1. The lowest BCUT2D eigenvalue weighted by Gasteiger charge is -2.10. The lowest BCUT2D eigenvalue weighted by Crippen LogP contribution is -2.41. The number of rotatable bonds is 6. The van der Waals surface area contributed by atoms with Crippen molar-refractivity contribution in [1.29, 1.82) is 0 Å². The molecule has 0 aliphatic carbocycles. The summed E-state index contributed by atoms with van der Waals surface area (Å²) in [6, 6.07) is 10.8. The first kappa shape index (κ1) is 18.8. The topological polar surface area (TPSA) is 91.6 Å². The molecule has 0 bridgehead atoms. The third kappa shape index (κ3) is 5.02. The van der Waals surface area contributed by atoms with E-state index in [-0.39, 0.29) is 18.9 Å². The summed E-state index contributed by atoms with van der Waals surface area (Å²) >= 11 is 1.53. The molecule has 1 aromatic carbocycles. The molecule has 0 spiro atoms. The highest BCUT2D eigenvalue weighted by Gasteiger charge is 2.18. The molecule has 140 valence electrons. The van der Waals surface area contributed by atoms with Gasteiger partial charge < -0.3 is 20.2 Å². The molecule has 2 aromatic heterocycles. The van der Waals surface area contributed by atoms with E-state index in [0.717, 1.165) is 5.56 Å². The second kappa shape index (κ2) is 8.61. The molecule has 6 nitrogen and oxygen atoms in total. The maximum absolute atomic E-state index is 12.8. The Morgan fingerprint density at radius 2 is 1.81 bits per heavy atom. The van der Waals surface area contributed by atoms with Crippen LogP contribution in [0.5, 0.6) is 0 Å². The number of nitrogens with one attached hydrogen (secondary N) is 2. The summed E-state index contributed by atoms with van der Waals surface area (Å²) in [6.45, 7) is -0.0728. The molecule has 1 atom stereocenters. The van der Waals surface area contributed by atoms with Gasteiger partial charge in [-0.15, -0.1) is 0 Å². The summed E-state index contributed by atoms with van der Waals surface area (Å²) in [5.74, 6) is -1.18. The lowest BCUT2D eigenvalue weighted by atomic mass is 10.2. The molecular formula is C19H17FN2O4S. The molecule has 3 aromatic rings. The highest BCUT2D eigenvalue weighted by molar-refractivity contribution is 7.08. The van der Waals surface area contributed by atoms with E-state index < -0.39 is 17.9 Å². The van der Waals surface area contributed by atoms with Crippen molar-refractivity contribution in [2.24, 2.45) is 0 Å². The number of hydrogen-bond donors (Lipinski definition) is 3. The standard InChI is InChI=1S/C19H17FN2O4S/c20-14-3-1-12(2-4-14)9-21-18(24)19(25)22-10-15(23)17-6-5-16(26-17)13-7-8-27-11-13/h1-8,11,15,23H,9-10H2,(H,21,24)(H,22,25)/t15-/m0/s1. The second-order valence-electron chi connectivity index (χ2n) is 5.75. The van der Waals surface area contributed by atoms with E-state index in [1.807, 2.05) is 16.8 Å². The van der Waals surface area contributed by atoms with Crippen LogP contribution in [-0.4, -0.2) is 23.5 Å². The van der Waals surface area contributed by atoms with E-state index in [0.29, 0.717) is 17.1 Å². The minimum Gasteiger partial charge on any atom is -0.458 e. The van der Waals surface area contributed by atoms with Crippen molar-refractivity contribution in [2.75, 3.05) is 6.54 Å². The van der Waals surface area contributed by atoms with Crippen molar-refractivity contribution in [1.82, 2.24) is 10.6 Å². The van der Waals surface area contributed by atoms with Crippen LogP contribution in [0.3, 0.4) is 0 Å². The van der Waals surface area contributed by atoms with Crippen molar-refractivity contribution in [2.45, 2.75) is 12.6 Å². The molecule has 2 amide bonds. The number of hydrogen-bond acceptors (Lipinski definition) is 5. The molecule has 3 rings (SSSR count). The van der Waals surface area contributed by atoms with Gasteiger partial charge in [0.05, 0.1) is 6.54 Å². The predicted octanol–water partition coefficient (Wildman–Crippen LogP) is 2.61. The maximum Gasteiger partial charge on any atom is 0.309 e. The maximum atomic E-state index is 12.8. The lowest BCUT2D eigenvalue weighted by molar-refractivity contribution is -0.139. The Morgan fingerprint density at radius 1 is 1.07 bits per heavy atom. The monoisotopic (exact) mass is 388 g/mol. The Bertz CT molecular complexity index is 906. The zero-order valence-corrected chi connectivity index (χ0v) is 15.0. The number of aliphatic hydroxyl groups excluding tert-OH is 1. The summed E-state index contributed by atoms with van der Waals surface area (Å²) in [4.78, 5) is 23.6. The van der Waals surface area contributed by atoms with Gasteiger partial charge in [0.2, 0.25) is 0 Å². The first-order valence-electron chi connectivity index (χ1n) is 8.14. The minimum absolute atomic E-state index is 0.0945. The molecule has 0 radical (unpaired) electrons. The van der Waals surface area contributed by atoms with Crippen molar-refractivity contribution in [3.8, 4) is 11.3 Å². The predicted molar refractivity (Wildman–Crippen MR) is 98.2 cm³/mol. The van der Waals surface area contributed by atoms with Crippen molar-refractivity contribution in [3.63, 3.8) is 0 Å². The van der Waals surface area contributed by atoms with Crippen LogP contribution in [0.2, 0.25) is 0 Å². The van der Waals surface area contributed by atoms with Crippen molar-refractivity contribution in [3.05, 3.63) is 70.4 Å². The summed E-state index contributed by atoms with van der Waals surface area (Å²) in [5.41, 5.74) is 1.57. The smallest absolute Gasteiger partial charge is 0.309 e. The number of carbonyl (C=O) groups excluding carboxylic acids is 2. The number of aliphatic hydroxyl groups is 1. The van der Waals surface area contributed by atoms with Crippen LogP contribution in [0, 0.1) is 5.82 Å². The third-order valence-corrected chi connectivity index (χ3v) is 4.47. The van der Waals surface area contributed by atoms with Gasteiger partial charge >= 0.3 is 11.8 Å². The number of furan rings is 1. The molecule has 0 aliphatic heterocycles. The first-order valence-corrected chi connectivity index (χ1v) is 9.08. The van der Waals surface area contributed by atoms with Gasteiger partial charge in [-0.1, -0.05) is 12.1 Å². The van der Waals surface area contributed by atoms with Gasteiger partial charge in [-0.2, -0.15) is 11.3 Å². The number of halogens is 1. The van der Waals surface area contributed by atoms with E-state index >= 15 is 0 Å². The Balaban J connectivity index is 1.46. The molecule has 0 aliphatic rings. The second-order valence-corrected chi connectivity index (χ2v) is 6.53. The van der Waals surface area contributed by atoms with Crippen molar-refractivity contribution >= 4 is 23.2 Å². The Morgan fingerprint density at radius 3 is 2.52 bits per heavy atom. The molecule has 27 heavy (non-hydrogen) atoms. The van der Waals surface area contributed by atoms with Crippen LogP contribution in [0.1, 0.15) is 17.4 Å². The largest absolute Gasteiger partial charge is 0.458 e. The fraction of sp³-hybridized carbons (Fsp3) is 0.158. The number of thiophene rings is 1. The Kier molecular flexibility index (Phi) is 6.00. The molecular weight excluding hydrogens is 371 g/mol. The summed E-state index contributed by atoms with van der Waals surface area (Å²) < 4.78 is 18.4. The van der Waals surface area contributed by atoms with Gasteiger partial charge in [0.1, 0.15) is 23.4 Å². The highest BCUT2D eigenvalue weighted by atomic mass is 32.1. The number of benzene rings is 1. The molecule has 0 fully saturated rings. The van der Waals surface area contributed by atoms with Gasteiger partial charge in [-0.05, 0) is 41.3 Å². The first-order chi connectivity index (χ1) is 13.0. The van der Waals surface area contributed by atoms with Crippen LogP contribution in [0.15, 0.2) is 57.6 Å². The average molecular weight is 388 g/mol. The van der Waals surface area contributed by atoms with Crippen LogP contribution < -0.4 is 10.6 Å². The van der Waals surface area contributed by atoms with E-state index in [1.165, 1.54) is 35.6 Å². The number of carbonyl (C=O) groups is 2. The zero-order chi connectivity index (χ0) is 19.2. The minimum atomic E-state index is -1.08. The van der Waals surface area contributed by atoms with Crippen molar-refractivity contribution < 1.29 is 23.5 Å².